The quantitative estimate of drug-likeness (QED) is 0.518. The summed E-state index contributed by atoms with van der Waals surface area (Å²) in [6.07, 6.45) is 3.27. The van der Waals surface area contributed by atoms with E-state index in [4.69, 9.17) is 4.74 Å². The molecule has 1 aromatic carbocycles. The van der Waals surface area contributed by atoms with Gasteiger partial charge in [-0.1, -0.05) is 12.7 Å². The third-order valence-corrected chi connectivity index (χ3v) is 5.44. The Balaban J connectivity index is 2.05. The van der Waals surface area contributed by atoms with E-state index in [0.29, 0.717) is 21.1 Å². The minimum atomic E-state index is -0.419. The number of esters is 1. The van der Waals surface area contributed by atoms with Gasteiger partial charge in [-0.2, -0.15) is 5.26 Å². The molecular formula is C20H19N3O3S. The molecule has 6 nitrogen and oxygen atoms in total. The molecule has 0 aliphatic carbocycles. The highest BCUT2D eigenvalue weighted by Gasteiger charge is 2.19. The summed E-state index contributed by atoms with van der Waals surface area (Å²) in [5.74, 6) is -0.419. The van der Waals surface area contributed by atoms with E-state index in [-0.39, 0.29) is 19.3 Å². The number of ether oxygens (including phenoxy) is 1. The molecule has 1 unspecified atom stereocenters. The number of aryl methyl sites for hydroxylation is 1. The van der Waals surface area contributed by atoms with Crippen LogP contribution in [0.5, 0.6) is 0 Å². The number of benzene rings is 1. The van der Waals surface area contributed by atoms with Gasteiger partial charge in [-0.15, -0.1) is 11.3 Å². The number of aliphatic hydroxyl groups excluding tert-OH is 1. The number of carbonyl (C=O) groups excluding carboxylic acids is 1. The summed E-state index contributed by atoms with van der Waals surface area (Å²) in [4.78, 5) is 17.1. The number of thiazole rings is 1. The Morgan fingerprint density at radius 3 is 3.00 bits per heavy atom. The molecule has 0 aliphatic heterocycles. The van der Waals surface area contributed by atoms with Gasteiger partial charge in [0.2, 0.25) is 0 Å². The van der Waals surface area contributed by atoms with Gasteiger partial charge >= 0.3 is 5.97 Å². The maximum Gasteiger partial charge on any atom is 0.350 e. The SMILES string of the molecule is C=CCOC(=O)c1sc(-c2ccc3c(c2)c(C#N)cn3C(C)CO)nc1C. The Kier molecular flexibility index (Phi) is 5.40. The summed E-state index contributed by atoms with van der Waals surface area (Å²) < 4.78 is 6.99. The predicted octanol–water partition coefficient (Wildman–Crippen LogP) is 3.84. The van der Waals surface area contributed by atoms with Crippen LogP contribution >= 0.6 is 11.3 Å². The van der Waals surface area contributed by atoms with Crippen molar-refractivity contribution in [2.45, 2.75) is 19.9 Å². The fourth-order valence-electron chi connectivity index (χ4n) is 2.84. The normalized spacial score (nSPS) is 11.9. The summed E-state index contributed by atoms with van der Waals surface area (Å²) in [7, 11) is 0. The van der Waals surface area contributed by atoms with E-state index >= 15 is 0 Å². The van der Waals surface area contributed by atoms with Crippen LogP contribution in [0.25, 0.3) is 21.5 Å². The maximum atomic E-state index is 12.1. The molecule has 7 heteroatoms. The summed E-state index contributed by atoms with van der Waals surface area (Å²) in [6.45, 7) is 7.33. The van der Waals surface area contributed by atoms with Crippen LogP contribution < -0.4 is 0 Å². The second-order valence-electron chi connectivity index (χ2n) is 6.15. The Bertz CT molecular complexity index is 1060. The fraction of sp³-hybridized carbons (Fsp3) is 0.250. The monoisotopic (exact) mass is 381 g/mol. The first-order valence-corrected chi connectivity index (χ1v) is 9.23. The largest absolute Gasteiger partial charge is 0.457 e. The van der Waals surface area contributed by atoms with Crippen LogP contribution in [0.1, 0.15) is 33.9 Å². The van der Waals surface area contributed by atoms with Gasteiger partial charge in [-0.25, -0.2) is 9.78 Å². The van der Waals surface area contributed by atoms with E-state index < -0.39 is 5.97 Å². The number of fused-ring (bicyclic) bond motifs is 1. The van der Waals surface area contributed by atoms with E-state index in [1.165, 1.54) is 17.4 Å². The topological polar surface area (TPSA) is 88.1 Å². The van der Waals surface area contributed by atoms with Gasteiger partial charge in [0.05, 0.1) is 23.9 Å². The molecule has 27 heavy (non-hydrogen) atoms. The Morgan fingerprint density at radius 1 is 1.56 bits per heavy atom. The lowest BCUT2D eigenvalue weighted by molar-refractivity contribution is 0.0554. The number of aromatic nitrogens is 2. The Hall–Kier alpha value is -2.95. The molecule has 0 bridgehead atoms. The van der Waals surface area contributed by atoms with Gasteiger partial charge in [-0.3, -0.25) is 0 Å². The molecule has 0 fully saturated rings. The summed E-state index contributed by atoms with van der Waals surface area (Å²) in [5.41, 5.74) is 2.84. The first-order valence-electron chi connectivity index (χ1n) is 8.41. The van der Waals surface area contributed by atoms with E-state index in [2.05, 4.69) is 17.6 Å². The average molecular weight is 381 g/mol. The van der Waals surface area contributed by atoms with Crippen LogP contribution in [0.4, 0.5) is 0 Å². The van der Waals surface area contributed by atoms with E-state index in [9.17, 15) is 15.2 Å². The van der Waals surface area contributed by atoms with Crippen molar-refractivity contribution in [3.8, 4) is 16.6 Å². The van der Waals surface area contributed by atoms with E-state index in [1.54, 1.807) is 13.1 Å². The Labute approximate surface area is 161 Å². The van der Waals surface area contributed by atoms with Crippen LogP contribution in [-0.2, 0) is 4.74 Å². The lowest BCUT2D eigenvalue weighted by atomic mass is 10.1. The second kappa shape index (κ2) is 7.74. The van der Waals surface area contributed by atoms with Crippen molar-refractivity contribution in [3.05, 3.63) is 53.2 Å². The first kappa shape index (κ1) is 18.8. The van der Waals surface area contributed by atoms with Crippen molar-refractivity contribution in [2.24, 2.45) is 0 Å². The van der Waals surface area contributed by atoms with Gasteiger partial charge in [0, 0.05) is 22.7 Å². The van der Waals surface area contributed by atoms with Gasteiger partial charge < -0.3 is 14.4 Å². The minimum Gasteiger partial charge on any atom is -0.457 e. The molecule has 2 heterocycles. The molecular weight excluding hydrogens is 362 g/mol. The maximum absolute atomic E-state index is 12.1. The lowest BCUT2D eigenvalue weighted by Crippen LogP contribution is -2.07. The summed E-state index contributed by atoms with van der Waals surface area (Å²) >= 11 is 1.26. The number of nitriles is 1. The minimum absolute atomic E-state index is 0.0156. The first-order chi connectivity index (χ1) is 13.0. The highest BCUT2D eigenvalue weighted by atomic mass is 32.1. The average Bonchev–Trinajstić information content (AvgIpc) is 3.25. The van der Waals surface area contributed by atoms with E-state index in [1.807, 2.05) is 29.7 Å². The molecule has 0 amide bonds. The van der Waals surface area contributed by atoms with E-state index in [0.717, 1.165) is 16.5 Å². The van der Waals surface area contributed by atoms with Crippen LogP contribution in [0.3, 0.4) is 0 Å². The molecule has 0 radical (unpaired) electrons. The van der Waals surface area contributed by atoms with Gasteiger partial charge in [0.25, 0.3) is 0 Å². The van der Waals surface area contributed by atoms with Crippen LogP contribution in [0.2, 0.25) is 0 Å². The van der Waals surface area contributed by atoms with Gasteiger partial charge in [0.1, 0.15) is 22.6 Å². The zero-order valence-electron chi connectivity index (χ0n) is 15.1. The van der Waals surface area contributed by atoms with Crippen molar-refractivity contribution in [1.29, 1.82) is 5.26 Å². The summed E-state index contributed by atoms with van der Waals surface area (Å²) in [5, 5.41) is 20.4. The fourth-order valence-corrected chi connectivity index (χ4v) is 3.80. The van der Waals surface area contributed by atoms with Crippen LogP contribution in [0, 0.1) is 18.3 Å². The number of carbonyl (C=O) groups is 1. The molecule has 0 saturated heterocycles. The number of nitrogens with zero attached hydrogens (tertiary/aromatic N) is 3. The Morgan fingerprint density at radius 2 is 2.33 bits per heavy atom. The molecule has 1 atom stereocenters. The van der Waals surface area contributed by atoms with Crippen molar-refractivity contribution < 1.29 is 14.6 Å². The third kappa shape index (κ3) is 3.50. The molecule has 2 aromatic heterocycles. The van der Waals surface area contributed by atoms with Crippen molar-refractivity contribution in [2.75, 3.05) is 13.2 Å². The van der Waals surface area contributed by atoms with Crippen molar-refractivity contribution in [3.63, 3.8) is 0 Å². The zero-order chi connectivity index (χ0) is 19.6. The summed E-state index contributed by atoms with van der Waals surface area (Å²) in [6, 6.07) is 7.78. The van der Waals surface area contributed by atoms with Crippen LogP contribution in [0.15, 0.2) is 37.1 Å². The smallest absolute Gasteiger partial charge is 0.350 e. The van der Waals surface area contributed by atoms with Crippen LogP contribution in [-0.4, -0.2) is 33.8 Å². The lowest BCUT2D eigenvalue weighted by Gasteiger charge is -2.11. The number of aliphatic hydroxyl groups is 1. The molecule has 3 rings (SSSR count). The molecule has 138 valence electrons. The van der Waals surface area contributed by atoms with Crippen molar-refractivity contribution in [1.82, 2.24) is 9.55 Å². The molecule has 3 aromatic rings. The van der Waals surface area contributed by atoms with Crippen molar-refractivity contribution >= 4 is 28.2 Å². The standard InChI is InChI=1S/C20H19N3O3S/c1-4-7-26-20(25)18-13(3)22-19(27-18)14-5-6-17-16(8-14)15(9-21)10-23(17)12(2)11-24/h4-6,8,10,12,24H,1,7,11H2,2-3H3. The molecule has 0 aliphatic rings. The molecule has 1 N–H and O–H groups in total. The second-order valence-corrected chi connectivity index (χ2v) is 7.15. The van der Waals surface area contributed by atoms with Gasteiger partial charge in [-0.05, 0) is 32.0 Å². The molecule has 0 saturated carbocycles. The predicted molar refractivity (Wildman–Crippen MR) is 105 cm³/mol. The number of hydrogen-bond acceptors (Lipinski definition) is 6. The zero-order valence-corrected chi connectivity index (χ0v) is 15.9. The molecule has 0 spiro atoms. The third-order valence-electron chi connectivity index (χ3n) is 4.25. The number of hydrogen-bond donors (Lipinski definition) is 1. The highest BCUT2D eigenvalue weighted by molar-refractivity contribution is 7.17. The highest BCUT2D eigenvalue weighted by Crippen LogP contribution is 2.33. The van der Waals surface area contributed by atoms with Gasteiger partial charge in [0.15, 0.2) is 0 Å². The number of rotatable bonds is 6.